The van der Waals surface area contributed by atoms with Crippen molar-refractivity contribution in [1.82, 2.24) is 15.3 Å². The Kier molecular flexibility index (Phi) is 3.70. The molecule has 1 heterocycles. The first-order valence-corrected chi connectivity index (χ1v) is 6.88. The zero-order valence-electron chi connectivity index (χ0n) is 11.5. The summed E-state index contributed by atoms with van der Waals surface area (Å²) in [5.41, 5.74) is 4.03. The van der Waals surface area contributed by atoms with Gasteiger partial charge >= 0.3 is 0 Å². The number of benzene rings is 2. The lowest BCUT2D eigenvalue weighted by Gasteiger charge is -2.17. The molecule has 0 amide bonds. The topological polar surface area (TPSA) is 37.8 Å². The number of rotatable bonds is 4. The van der Waals surface area contributed by atoms with E-state index in [4.69, 9.17) is 4.98 Å². The fourth-order valence-electron chi connectivity index (χ4n) is 2.35. The van der Waals surface area contributed by atoms with Crippen molar-refractivity contribution in [2.45, 2.75) is 13.0 Å². The maximum Gasteiger partial charge on any atom is 0.0890 e. The second-order valence-corrected chi connectivity index (χ2v) is 4.68. The molecule has 1 unspecified atom stereocenters. The molecular weight excluding hydrogens is 246 g/mol. The summed E-state index contributed by atoms with van der Waals surface area (Å²) >= 11 is 0. The molecule has 1 N–H and O–H groups in total. The molecule has 0 radical (unpaired) electrons. The highest BCUT2D eigenvalue weighted by Gasteiger charge is 2.14. The van der Waals surface area contributed by atoms with E-state index in [-0.39, 0.29) is 6.04 Å². The summed E-state index contributed by atoms with van der Waals surface area (Å²) in [4.78, 5) is 9.25. The average molecular weight is 263 g/mol. The van der Waals surface area contributed by atoms with Crippen molar-refractivity contribution in [3.8, 4) is 0 Å². The van der Waals surface area contributed by atoms with Crippen LogP contribution in [0, 0.1) is 0 Å². The predicted molar refractivity (Wildman–Crippen MR) is 81.5 cm³/mol. The van der Waals surface area contributed by atoms with Crippen LogP contribution in [0.5, 0.6) is 0 Å². The van der Waals surface area contributed by atoms with E-state index in [9.17, 15) is 0 Å². The molecule has 0 aliphatic carbocycles. The average Bonchev–Trinajstić information content (AvgIpc) is 2.53. The van der Waals surface area contributed by atoms with Gasteiger partial charge in [-0.15, -0.1) is 0 Å². The fourth-order valence-corrected chi connectivity index (χ4v) is 2.35. The molecule has 0 fully saturated rings. The van der Waals surface area contributed by atoms with E-state index in [1.807, 2.05) is 48.7 Å². The van der Waals surface area contributed by atoms with Crippen LogP contribution in [0.3, 0.4) is 0 Å². The van der Waals surface area contributed by atoms with Gasteiger partial charge in [0.25, 0.3) is 0 Å². The molecule has 0 bridgehead atoms. The molecule has 0 aliphatic heterocycles. The molecule has 1 atom stereocenters. The molecule has 2 aromatic carbocycles. The SMILES string of the molecule is CCNC(c1ccccc1)c1cnc2ccccc2n1. The highest BCUT2D eigenvalue weighted by molar-refractivity contribution is 5.73. The number of nitrogens with one attached hydrogen (secondary N) is 1. The first kappa shape index (κ1) is 12.8. The summed E-state index contributed by atoms with van der Waals surface area (Å²) in [5.74, 6) is 0. The second-order valence-electron chi connectivity index (χ2n) is 4.68. The number of hydrogen-bond acceptors (Lipinski definition) is 3. The predicted octanol–water partition coefficient (Wildman–Crippen LogP) is 3.33. The molecule has 100 valence electrons. The number of aromatic nitrogens is 2. The minimum absolute atomic E-state index is 0.0818. The Labute approximate surface area is 118 Å². The first-order chi connectivity index (χ1) is 9.88. The van der Waals surface area contributed by atoms with E-state index >= 15 is 0 Å². The van der Waals surface area contributed by atoms with Crippen molar-refractivity contribution in [3.05, 3.63) is 72.1 Å². The van der Waals surface area contributed by atoms with Crippen LogP contribution in [0.15, 0.2) is 60.8 Å². The third-order valence-corrected chi connectivity index (χ3v) is 3.30. The van der Waals surface area contributed by atoms with E-state index in [1.165, 1.54) is 5.56 Å². The molecule has 0 saturated heterocycles. The van der Waals surface area contributed by atoms with E-state index in [0.29, 0.717) is 0 Å². The number of para-hydroxylation sites is 2. The summed E-state index contributed by atoms with van der Waals surface area (Å²) in [5, 5.41) is 3.48. The lowest BCUT2D eigenvalue weighted by atomic mass is 10.0. The number of nitrogens with zero attached hydrogens (tertiary/aromatic N) is 2. The molecular formula is C17H17N3. The van der Waals surface area contributed by atoms with Crippen molar-refractivity contribution in [1.29, 1.82) is 0 Å². The van der Waals surface area contributed by atoms with Crippen molar-refractivity contribution in [3.63, 3.8) is 0 Å². The molecule has 0 spiro atoms. The molecule has 3 heteroatoms. The first-order valence-electron chi connectivity index (χ1n) is 6.88. The van der Waals surface area contributed by atoms with Crippen LogP contribution in [0.2, 0.25) is 0 Å². The van der Waals surface area contributed by atoms with Crippen LogP contribution < -0.4 is 5.32 Å². The zero-order valence-corrected chi connectivity index (χ0v) is 11.5. The largest absolute Gasteiger partial charge is 0.305 e. The Hall–Kier alpha value is -2.26. The van der Waals surface area contributed by atoms with Crippen LogP contribution in [0.4, 0.5) is 0 Å². The number of fused-ring (bicyclic) bond motifs is 1. The van der Waals surface area contributed by atoms with Crippen LogP contribution in [-0.4, -0.2) is 16.5 Å². The van der Waals surface area contributed by atoms with Gasteiger partial charge in [-0.25, -0.2) is 4.98 Å². The maximum absolute atomic E-state index is 4.75. The van der Waals surface area contributed by atoms with Crippen molar-refractivity contribution < 1.29 is 0 Å². The Bertz CT molecular complexity index is 695. The van der Waals surface area contributed by atoms with Crippen LogP contribution in [0.1, 0.15) is 24.2 Å². The van der Waals surface area contributed by atoms with Crippen LogP contribution in [-0.2, 0) is 0 Å². The van der Waals surface area contributed by atoms with Crippen molar-refractivity contribution in [2.24, 2.45) is 0 Å². The quantitative estimate of drug-likeness (QED) is 0.784. The molecule has 1 aromatic heterocycles. The van der Waals surface area contributed by atoms with Crippen LogP contribution in [0.25, 0.3) is 11.0 Å². The smallest absolute Gasteiger partial charge is 0.0890 e. The van der Waals surface area contributed by atoms with Gasteiger partial charge in [-0.05, 0) is 24.2 Å². The summed E-state index contributed by atoms with van der Waals surface area (Å²) in [6, 6.07) is 18.4. The minimum Gasteiger partial charge on any atom is -0.305 e. The van der Waals surface area contributed by atoms with E-state index < -0.39 is 0 Å². The molecule has 3 nitrogen and oxygen atoms in total. The van der Waals surface area contributed by atoms with Gasteiger partial charge in [0.05, 0.1) is 29.0 Å². The summed E-state index contributed by atoms with van der Waals surface area (Å²) in [6.07, 6.45) is 1.86. The van der Waals surface area contributed by atoms with Crippen LogP contribution >= 0.6 is 0 Å². The van der Waals surface area contributed by atoms with Gasteiger partial charge in [-0.3, -0.25) is 4.98 Å². The van der Waals surface area contributed by atoms with Gasteiger partial charge in [0.15, 0.2) is 0 Å². The van der Waals surface area contributed by atoms with Gasteiger partial charge in [-0.1, -0.05) is 49.4 Å². The highest BCUT2D eigenvalue weighted by atomic mass is 14.9. The Morgan fingerprint density at radius 1 is 0.950 bits per heavy atom. The van der Waals surface area contributed by atoms with Gasteiger partial charge in [0, 0.05) is 0 Å². The Morgan fingerprint density at radius 2 is 1.65 bits per heavy atom. The lowest BCUT2D eigenvalue weighted by molar-refractivity contribution is 0.615. The van der Waals surface area contributed by atoms with Gasteiger partial charge in [-0.2, -0.15) is 0 Å². The third kappa shape index (κ3) is 2.53. The van der Waals surface area contributed by atoms with E-state index in [1.54, 1.807) is 0 Å². The molecule has 0 saturated carbocycles. The lowest BCUT2D eigenvalue weighted by Crippen LogP contribution is -2.23. The molecule has 20 heavy (non-hydrogen) atoms. The monoisotopic (exact) mass is 263 g/mol. The van der Waals surface area contributed by atoms with E-state index in [2.05, 4.69) is 29.4 Å². The fraction of sp³-hybridized carbons (Fsp3) is 0.176. The highest BCUT2D eigenvalue weighted by Crippen LogP contribution is 2.21. The minimum atomic E-state index is 0.0818. The standard InChI is InChI=1S/C17H17N3/c1-2-18-17(13-8-4-3-5-9-13)16-12-19-14-10-6-7-11-15(14)20-16/h3-12,17-18H,2H2,1H3. The van der Waals surface area contributed by atoms with Gasteiger partial charge in [0.2, 0.25) is 0 Å². The van der Waals surface area contributed by atoms with E-state index in [0.717, 1.165) is 23.3 Å². The second kappa shape index (κ2) is 5.80. The maximum atomic E-state index is 4.75. The summed E-state index contributed by atoms with van der Waals surface area (Å²) < 4.78 is 0. The molecule has 3 aromatic rings. The van der Waals surface area contributed by atoms with Crippen molar-refractivity contribution in [2.75, 3.05) is 6.54 Å². The molecule has 0 aliphatic rings. The van der Waals surface area contributed by atoms with Gasteiger partial charge < -0.3 is 5.32 Å². The normalized spacial score (nSPS) is 12.4. The summed E-state index contributed by atoms with van der Waals surface area (Å²) in [6.45, 7) is 2.98. The summed E-state index contributed by atoms with van der Waals surface area (Å²) in [7, 11) is 0. The van der Waals surface area contributed by atoms with Crippen molar-refractivity contribution >= 4 is 11.0 Å². The number of hydrogen-bond donors (Lipinski definition) is 1. The third-order valence-electron chi connectivity index (χ3n) is 3.30. The molecule has 3 rings (SSSR count). The van der Waals surface area contributed by atoms with Gasteiger partial charge in [0.1, 0.15) is 0 Å². The zero-order chi connectivity index (χ0) is 13.8. The Balaban J connectivity index is 2.05. The Morgan fingerprint density at radius 3 is 2.40 bits per heavy atom.